The van der Waals surface area contributed by atoms with Gasteiger partial charge >= 0.3 is 0 Å². The molecule has 0 aliphatic heterocycles. The second-order valence-electron chi connectivity index (χ2n) is 4.16. The van der Waals surface area contributed by atoms with Gasteiger partial charge in [0.1, 0.15) is 9.84 Å². The first-order valence-corrected chi connectivity index (χ1v) is 7.50. The first kappa shape index (κ1) is 15.8. The van der Waals surface area contributed by atoms with Gasteiger partial charge in [0, 0.05) is 39.0 Å². The number of sulfone groups is 1. The summed E-state index contributed by atoms with van der Waals surface area (Å²) in [6.07, 6.45) is 1.27. The molecule has 0 saturated heterocycles. The van der Waals surface area contributed by atoms with E-state index < -0.39 is 9.84 Å². The van der Waals surface area contributed by atoms with E-state index in [0.29, 0.717) is 19.2 Å². The van der Waals surface area contributed by atoms with Crippen LogP contribution in [0.1, 0.15) is 6.92 Å². The molecule has 0 aliphatic rings. The van der Waals surface area contributed by atoms with Crippen LogP contribution in [-0.4, -0.2) is 71.8 Å². The molecule has 1 atom stereocenters. The lowest BCUT2D eigenvalue weighted by Gasteiger charge is -2.24. The minimum Gasteiger partial charge on any atom is -0.383 e. The third-order valence-corrected chi connectivity index (χ3v) is 3.41. The monoisotopic (exact) mass is 252 g/mol. The molecule has 0 spiro atoms. The molecule has 5 nitrogen and oxygen atoms in total. The molecule has 1 unspecified atom stereocenters. The Kier molecular flexibility index (Phi) is 7.91. The minimum atomic E-state index is -2.86. The van der Waals surface area contributed by atoms with Crippen molar-refractivity contribution < 1.29 is 13.2 Å². The maximum Gasteiger partial charge on any atom is 0.148 e. The molecule has 98 valence electrons. The number of rotatable bonds is 9. The third kappa shape index (κ3) is 9.08. The number of methoxy groups -OCH3 is 1. The second-order valence-corrected chi connectivity index (χ2v) is 6.42. The van der Waals surface area contributed by atoms with E-state index in [4.69, 9.17) is 4.74 Å². The van der Waals surface area contributed by atoms with Gasteiger partial charge in [-0.2, -0.15) is 0 Å². The van der Waals surface area contributed by atoms with Crippen molar-refractivity contribution in [2.45, 2.75) is 13.0 Å². The van der Waals surface area contributed by atoms with E-state index in [0.717, 1.165) is 13.1 Å². The molecule has 0 aromatic heterocycles. The largest absolute Gasteiger partial charge is 0.383 e. The minimum absolute atomic E-state index is 0.214. The van der Waals surface area contributed by atoms with Crippen LogP contribution in [0.25, 0.3) is 0 Å². The van der Waals surface area contributed by atoms with Gasteiger partial charge < -0.3 is 15.0 Å². The third-order valence-electron chi connectivity index (χ3n) is 2.49. The van der Waals surface area contributed by atoms with Crippen molar-refractivity contribution >= 4 is 9.84 Å². The molecule has 0 bridgehead atoms. The zero-order valence-electron chi connectivity index (χ0n) is 10.7. The Labute approximate surface area is 99.1 Å². The summed E-state index contributed by atoms with van der Waals surface area (Å²) < 4.78 is 26.9. The van der Waals surface area contributed by atoms with Gasteiger partial charge in [-0.05, 0) is 14.0 Å². The van der Waals surface area contributed by atoms with E-state index in [2.05, 4.69) is 12.2 Å². The van der Waals surface area contributed by atoms with Crippen LogP contribution in [0.2, 0.25) is 0 Å². The molecule has 0 aromatic carbocycles. The Bertz CT molecular complexity index is 267. The summed E-state index contributed by atoms with van der Waals surface area (Å²) >= 11 is 0. The highest BCUT2D eigenvalue weighted by molar-refractivity contribution is 7.90. The summed E-state index contributed by atoms with van der Waals surface area (Å²) in [5.74, 6) is 0.214. The maximum absolute atomic E-state index is 11.0. The van der Waals surface area contributed by atoms with E-state index in [9.17, 15) is 8.42 Å². The van der Waals surface area contributed by atoms with Crippen LogP contribution in [0.5, 0.6) is 0 Å². The standard InChI is InChI=1S/C10H24N2O3S/c1-10(9-11-5-7-15-3)12(2)6-8-16(4,13)14/h10-11H,5-9H2,1-4H3. The van der Waals surface area contributed by atoms with Crippen LogP contribution in [0.4, 0.5) is 0 Å². The molecule has 16 heavy (non-hydrogen) atoms. The summed E-state index contributed by atoms with van der Waals surface area (Å²) in [6, 6.07) is 0.318. The number of nitrogens with one attached hydrogen (secondary N) is 1. The molecule has 0 rings (SSSR count). The topological polar surface area (TPSA) is 58.6 Å². The van der Waals surface area contributed by atoms with E-state index in [-0.39, 0.29) is 5.75 Å². The van der Waals surface area contributed by atoms with Gasteiger partial charge in [-0.3, -0.25) is 0 Å². The Balaban J connectivity index is 3.69. The summed E-state index contributed by atoms with van der Waals surface area (Å²) in [4.78, 5) is 2.04. The highest BCUT2D eigenvalue weighted by Crippen LogP contribution is 1.95. The van der Waals surface area contributed by atoms with Crippen LogP contribution in [0, 0.1) is 0 Å². The van der Waals surface area contributed by atoms with E-state index in [1.54, 1.807) is 7.11 Å². The Hall–Kier alpha value is -0.170. The smallest absolute Gasteiger partial charge is 0.148 e. The lowest BCUT2D eigenvalue weighted by Crippen LogP contribution is -2.40. The fraction of sp³-hybridized carbons (Fsp3) is 1.00. The van der Waals surface area contributed by atoms with Crippen molar-refractivity contribution in [3.63, 3.8) is 0 Å². The van der Waals surface area contributed by atoms with Crippen molar-refractivity contribution in [1.82, 2.24) is 10.2 Å². The fourth-order valence-electron chi connectivity index (χ4n) is 1.17. The summed E-state index contributed by atoms with van der Waals surface area (Å²) in [5, 5.41) is 3.25. The average molecular weight is 252 g/mol. The number of ether oxygens (including phenoxy) is 1. The summed E-state index contributed by atoms with van der Waals surface area (Å²) in [5.41, 5.74) is 0. The summed E-state index contributed by atoms with van der Waals surface area (Å²) in [6.45, 7) is 5.00. The molecule has 1 N–H and O–H groups in total. The molecule has 0 aromatic rings. The zero-order chi connectivity index (χ0) is 12.6. The molecule has 0 aliphatic carbocycles. The molecular weight excluding hydrogens is 228 g/mol. The lowest BCUT2D eigenvalue weighted by molar-refractivity contribution is 0.193. The predicted octanol–water partition coefficient (Wildman–Crippen LogP) is -0.413. The van der Waals surface area contributed by atoms with Gasteiger partial charge in [-0.15, -0.1) is 0 Å². The van der Waals surface area contributed by atoms with Crippen LogP contribution in [-0.2, 0) is 14.6 Å². The van der Waals surface area contributed by atoms with Crippen molar-refractivity contribution in [1.29, 1.82) is 0 Å². The lowest BCUT2D eigenvalue weighted by atomic mass is 10.3. The van der Waals surface area contributed by atoms with Gasteiger partial charge in [-0.1, -0.05) is 0 Å². The molecule has 6 heteroatoms. The van der Waals surface area contributed by atoms with Crippen molar-refractivity contribution in [2.24, 2.45) is 0 Å². The zero-order valence-corrected chi connectivity index (χ0v) is 11.5. The van der Waals surface area contributed by atoms with Crippen molar-refractivity contribution in [2.75, 3.05) is 52.4 Å². The summed E-state index contributed by atoms with van der Waals surface area (Å²) in [7, 11) is 0.744. The van der Waals surface area contributed by atoms with Gasteiger partial charge in [-0.25, -0.2) is 8.42 Å². The van der Waals surface area contributed by atoms with Crippen molar-refractivity contribution in [3.05, 3.63) is 0 Å². The van der Waals surface area contributed by atoms with Crippen LogP contribution < -0.4 is 5.32 Å². The van der Waals surface area contributed by atoms with Gasteiger partial charge in [0.15, 0.2) is 0 Å². The maximum atomic E-state index is 11.0. The second kappa shape index (κ2) is 8.00. The Morgan fingerprint density at radius 2 is 2.06 bits per heavy atom. The van der Waals surface area contributed by atoms with Gasteiger partial charge in [0.05, 0.1) is 12.4 Å². The first-order valence-electron chi connectivity index (χ1n) is 5.44. The normalized spacial score (nSPS) is 14.3. The van der Waals surface area contributed by atoms with Crippen LogP contribution in [0.15, 0.2) is 0 Å². The Morgan fingerprint density at radius 1 is 1.44 bits per heavy atom. The molecular formula is C10H24N2O3S. The van der Waals surface area contributed by atoms with E-state index >= 15 is 0 Å². The van der Waals surface area contributed by atoms with E-state index in [1.165, 1.54) is 6.26 Å². The molecule has 0 fully saturated rings. The molecule has 0 heterocycles. The van der Waals surface area contributed by atoms with Gasteiger partial charge in [0.25, 0.3) is 0 Å². The first-order chi connectivity index (χ1) is 7.37. The molecule has 0 amide bonds. The number of likely N-dealkylation sites (N-methyl/N-ethyl adjacent to an activating group) is 1. The Morgan fingerprint density at radius 3 is 2.56 bits per heavy atom. The average Bonchev–Trinajstić information content (AvgIpc) is 2.19. The highest BCUT2D eigenvalue weighted by atomic mass is 32.2. The number of hydrogen-bond acceptors (Lipinski definition) is 5. The molecule has 0 radical (unpaired) electrons. The fourth-order valence-corrected chi connectivity index (χ4v) is 1.79. The van der Waals surface area contributed by atoms with Gasteiger partial charge in [0.2, 0.25) is 0 Å². The SMILES string of the molecule is COCCNCC(C)N(C)CCS(C)(=O)=O. The highest BCUT2D eigenvalue weighted by Gasteiger charge is 2.11. The van der Waals surface area contributed by atoms with E-state index in [1.807, 2.05) is 11.9 Å². The van der Waals surface area contributed by atoms with Crippen molar-refractivity contribution in [3.8, 4) is 0 Å². The van der Waals surface area contributed by atoms with Crippen LogP contribution in [0.3, 0.4) is 0 Å². The number of nitrogens with zero attached hydrogens (tertiary/aromatic N) is 1. The quantitative estimate of drug-likeness (QED) is 0.565. The number of hydrogen-bond donors (Lipinski definition) is 1. The predicted molar refractivity (Wildman–Crippen MR) is 66.5 cm³/mol. The molecule has 0 saturated carbocycles. The van der Waals surface area contributed by atoms with Crippen LogP contribution >= 0.6 is 0 Å².